The monoisotopic (exact) mass is 463 g/mol. The zero-order valence-electron chi connectivity index (χ0n) is 19.9. The number of nitrogens with zero attached hydrogens (tertiary/aromatic N) is 1. The van der Waals surface area contributed by atoms with Gasteiger partial charge in [0.25, 0.3) is 5.91 Å². The molecule has 3 rings (SSSR count). The van der Waals surface area contributed by atoms with Gasteiger partial charge in [-0.2, -0.15) is 0 Å². The van der Waals surface area contributed by atoms with Crippen molar-refractivity contribution in [1.82, 2.24) is 4.90 Å². The van der Waals surface area contributed by atoms with Crippen molar-refractivity contribution in [1.29, 1.82) is 0 Å². The van der Waals surface area contributed by atoms with Gasteiger partial charge >= 0.3 is 5.97 Å². The summed E-state index contributed by atoms with van der Waals surface area (Å²) in [5, 5.41) is 2.11. The fourth-order valence-electron chi connectivity index (χ4n) is 3.39. The molecule has 0 aliphatic carbocycles. The number of hydrogen-bond donors (Lipinski definition) is 0. The van der Waals surface area contributed by atoms with E-state index in [1.54, 1.807) is 20.2 Å². The lowest BCUT2D eigenvalue weighted by Gasteiger charge is -2.18. The number of amides is 1. The zero-order chi connectivity index (χ0) is 24.5. The van der Waals surface area contributed by atoms with Crippen molar-refractivity contribution in [3.05, 3.63) is 71.8 Å². The first-order valence-electron chi connectivity index (χ1n) is 10.8. The van der Waals surface area contributed by atoms with E-state index in [9.17, 15) is 9.59 Å². The van der Waals surface area contributed by atoms with Crippen LogP contribution in [0.3, 0.4) is 0 Å². The fourth-order valence-corrected chi connectivity index (χ4v) is 3.39. The molecule has 0 aliphatic rings. The lowest BCUT2D eigenvalue weighted by atomic mass is 10.1. The molecule has 34 heavy (non-hydrogen) atoms. The van der Waals surface area contributed by atoms with Gasteiger partial charge in [-0.05, 0) is 59.2 Å². The lowest BCUT2D eigenvalue weighted by Crippen LogP contribution is -2.31. The molecule has 0 unspecified atom stereocenters. The zero-order valence-corrected chi connectivity index (χ0v) is 19.9. The second-order valence-corrected chi connectivity index (χ2v) is 7.66. The SMILES string of the molecule is C/C=C/c1ccc(OCC(=O)OCC(=O)N(C)Cc2ccc3cc(OC)ccc3c2)c(OC)c1. The number of fused-ring (bicyclic) bond motifs is 1. The molecule has 0 saturated heterocycles. The average molecular weight is 464 g/mol. The van der Waals surface area contributed by atoms with Crippen molar-refractivity contribution in [3.8, 4) is 17.2 Å². The Balaban J connectivity index is 1.49. The van der Waals surface area contributed by atoms with Crippen LogP contribution in [0.4, 0.5) is 0 Å². The summed E-state index contributed by atoms with van der Waals surface area (Å²) in [7, 11) is 4.83. The van der Waals surface area contributed by atoms with Crippen LogP contribution in [-0.2, 0) is 20.9 Å². The maximum absolute atomic E-state index is 12.4. The van der Waals surface area contributed by atoms with Crippen molar-refractivity contribution >= 4 is 28.7 Å². The van der Waals surface area contributed by atoms with Crippen LogP contribution < -0.4 is 14.2 Å². The van der Waals surface area contributed by atoms with Gasteiger partial charge in [0.05, 0.1) is 14.2 Å². The molecular formula is C27H29NO6. The van der Waals surface area contributed by atoms with Crippen LogP contribution in [0.2, 0.25) is 0 Å². The van der Waals surface area contributed by atoms with Crippen LogP contribution in [-0.4, -0.2) is 51.3 Å². The number of rotatable bonds is 10. The van der Waals surface area contributed by atoms with Crippen molar-refractivity contribution in [2.24, 2.45) is 0 Å². The second kappa shape index (κ2) is 11.7. The summed E-state index contributed by atoms with van der Waals surface area (Å²) in [6.07, 6.45) is 3.84. The topological polar surface area (TPSA) is 74.3 Å². The van der Waals surface area contributed by atoms with E-state index in [1.807, 2.05) is 67.6 Å². The van der Waals surface area contributed by atoms with Crippen molar-refractivity contribution in [3.63, 3.8) is 0 Å². The molecule has 3 aromatic carbocycles. The molecular weight excluding hydrogens is 434 g/mol. The third-order valence-corrected chi connectivity index (χ3v) is 5.21. The Morgan fingerprint density at radius 1 is 0.882 bits per heavy atom. The number of esters is 1. The van der Waals surface area contributed by atoms with Crippen LogP contribution in [0.15, 0.2) is 60.7 Å². The molecule has 0 aromatic heterocycles. The summed E-state index contributed by atoms with van der Waals surface area (Å²) >= 11 is 0. The van der Waals surface area contributed by atoms with E-state index in [0.29, 0.717) is 18.0 Å². The first-order chi connectivity index (χ1) is 16.4. The molecule has 0 fully saturated rings. The van der Waals surface area contributed by atoms with Gasteiger partial charge in [-0.15, -0.1) is 0 Å². The summed E-state index contributed by atoms with van der Waals surface area (Å²) in [5.74, 6) is 0.776. The molecule has 1 amide bonds. The molecule has 0 heterocycles. The quantitative estimate of drug-likeness (QED) is 0.413. The van der Waals surface area contributed by atoms with Crippen LogP contribution in [0, 0.1) is 0 Å². The van der Waals surface area contributed by atoms with Gasteiger partial charge in [0, 0.05) is 13.6 Å². The number of carbonyl (C=O) groups is 2. The van der Waals surface area contributed by atoms with Crippen LogP contribution in [0.1, 0.15) is 18.1 Å². The maximum atomic E-state index is 12.4. The van der Waals surface area contributed by atoms with E-state index in [1.165, 1.54) is 12.0 Å². The van der Waals surface area contributed by atoms with Crippen LogP contribution in [0.25, 0.3) is 16.8 Å². The normalized spacial score (nSPS) is 10.8. The molecule has 7 nitrogen and oxygen atoms in total. The predicted octanol–water partition coefficient (Wildman–Crippen LogP) is 4.47. The van der Waals surface area contributed by atoms with Gasteiger partial charge in [0.15, 0.2) is 24.7 Å². The largest absolute Gasteiger partial charge is 0.497 e. The Kier molecular flexibility index (Phi) is 8.51. The number of ether oxygens (including phenoxy) is 4. The lowest BCUT2D eigenvalue weighted by molar-refractivity contribution is -0.153. The van der Waals surface area contributed by atoms with E-state index >= 15 is 0 Å². The minimum atomic E-state index is -0.638. The van der Waals surface area contributed by atoms with Gasteiger partial charge in [0.2, 0.25) is 0 Å². The number of carbonyl (C=O) groups excluding carboxylic acids is 2. The Hall–Kier alpha value is -4.00. The first kappa shape index (κ1) is 24.6. The summed E-state index contributed by atoms with van der Waals surface area (Å²) in [5.41, 5.74) is 1.92. The van der Waals surface area contributed by atoms with Gasteiger partial charge in [0.1, 0.15) is 5.75 Å². The Bertz CT molecular complexity index is 1190. The van der Waals surface area contributed by atoms with Crippen LogP contribution >= 0.6 is 0 Å². The highest BCUT2D eigenvalue weighted by Gasteiger charge is 2.14. The number of benzene rings is 3. The van der Waals surface area contributed by atoms with Gasteiger partial charge in [-0.25, -0.2) is 4.79 Å². The Morgan fingerprint density at radius 2 is 1.65 bits per heavy atom. The van der Waals surface area contributed by atoms with E-state index in [-0.39, 0.29) is 19.1 Å². The Morgan fingerprint density at radius 3 is 2.38 bits per heavy atom. The van der Waals surface area contributed by atoms with E-state index < -0.39 is 5.97 Å². The van der Waals surface area contributed by atoms with Crippen molar-refractivity contribution < 1.29 is 28.5 Å². The summed E-state index contributed by atoms with van der Waals surface area (Å²) in [6, 6.07) is 17.2. The van der Waals surface area contributed by atoms with Gasteiger partial charge < -0.3 is 23.8 Å². The van der Waals surface area contributed by atoms with E-state index in [0.717, 1.165) is 27.6 Å². The molecule has 0 bridgehead atoms. The number of allylic oxidation sites excluding steroid dienone is 1. The highest BCUT2D eigenvalue weighted by Crippen LogP contribution is 2.28. The molecule has 3 aromatic rings. The first-order valence-corrected chi connectivity index (χ1v) is 10.8. The number of hydrogen-bond acceptors (Lipinski definition) is 6. The molecule has 178 valence electrons. The smallest absolute Gasteiger partial charge is 0.344 e. The number of likely N-dealkylation sites (N-methyl/N-ethyl adjacent to an activating group) is 1. The average Bonchev–Trinajstić information content (AvgIpc) is 2.86. The van der Waals surface area contributed by atoms with Crippen molar-refractivity contribution in [2.45, 2.75) is 13.5 Å². The van der Waals surface area contributed by atoms with Crippen molar-refractivity contribution in [2.75, 3.05) is 34.5 Å². The molecule has 0 aliphatic heterocycles. The fraction of sp³-hybridized carbons (Fsp3) is 0.259. The predicted molar refractivity (Wildman–Crippen MR) is 131 cm³/mol. The minimum absolute atomic E-state index is 0.309. The summed E-state index contributed by atoms with van der Waals surface area (Å²) in [4.78, 5) is 26.0. The molecule has 7 heteroatoms. The molecule has 0 saturated carbocycles. The molecule has 0 N–H and O–H groups in total. The maximum Gasteiger partial charge on any atom is 0.344 e. The molecule has 0 spiro atoms. The van der Waals surface area contributed by atoms with Gasteiger partial charge in [-0.1, -0.05) is 36.4 Å². The highest BCUT2D eigenvalue weighted by molar-refractivity contribution is 5.85. The third-order valence-electron chi connectivity index (χ3n) is 5.21. The summed E-state index contributed by atoms with van der Waals surface area (Å²) in [6.45, 7) is 1.63. The third kappa shape index (κ3) is 6.51. The van der Waals surface area contributed by atoms with E-state index in [4.69, 9.17) is 18.9 Å². The van der Waals surface area contributed by atoms with Crippen LogP contribution in [0.5, 0.6) is 17.2 Å². The minimum Gasteiger partial charge on any atom is -0.497 e. The standard InChI is InChI=1S/C27H29NO6/c1-5-6-19-8-12-24(25(14-19)32-4)33-18-27(30)34-17-26(29)28(2)16-20-7-9-22-15-23(31-3)11-10-21(22)13-20/h5-15H,16-18H2,1-4H3/b6-5+. The van der Waals surface area contributed by atoms with Gasteiger partial charge in [-0.3, -0.25) is 4.79 Å². The van der Waals surface area contributed by atoms with E-state index in [2.05, 4.69) is 0 Å². The molecule has 0 radical (unpaired) electrons. The molecule has 0 atom stereocenters. The highest BCUT2D eigenvalue weighted by atomic mass is 16.6. The number of methoxy groups -OCH3 is 2. The summed E-state index contributed by atoms with van der Waals surface area (Å²) < 4.78 is 21.2. The second-order valence-electron chi connectivity index (χ2n) is 7.66. The Labute approximate surface area is 199 Å².